The van der Waals surface area contributed by atoms with Crippen LogP contribution in [0.5, 0.6) is 0 Å². The summed E-state index contributed by atoms with van der Waals surface area (Å²) in [6.07, 6.45) is 13.1. The van der Waals surface area contributed by atoms with E-state index in [1.54, 1.807) is 21.7 Å². The van der Waals surface area contributed by atoms with Crippen molar-refractivity contribution in [3.63, 3.8) is 0 Å². The van der Waals surface area contributed by atoms with Crippen LogP contribution < -0.4 is 5.56 Å². The fourth-order valence-corrected chi connectivity index (χ4v) is 8.56. The Hall–Kier alpha value is -2.97. The highest BCUT2D eigenvalue weighted by molar-refractivity contribution is 6.00. The number of morpholine rings is 1. The number of ether oxygens (including phenoxy) is 1. The summed E-state index contributed by atoms with van der Waals surface area (Å²) in [4.78, 5) is 45.0. The predicted octanol–water partition coefficient (Wildman–Crippen LogP) is 5.12. The van der Waals surface area contributed by atoms with E-state index >= 15 is 0 Å². The number of hydrogen-bond donors (Lipinski definition) is 1. The molecule has 1 spiro atoms. The smallest absolute Gasteiger partial charge is 0.256 e. The van der Waals surface area contributed by atoms with Crippen LogP contribution in [0.2, 0.25) is 0 Å². The van der Waals surface area contributed by atoms with Gasteiger partial charge in [0.1, 0.15) is 0 Å². The van der Waals surface area contributed by atoms with Crippen LogP contribution >= 0.6 is 0 Å². The van der Waals surface area contributed by atoms with Crippen molar-refractivity contribution in [3.8, 4) is 11.1 Å². The maximum absolute atomic E-state index is 13.9. The third-order valence-corrected chi connectivity index (χ3v) is 11.2. The summed E-state index contributed by atoms with van der Waals surface area (Å²) < 4.78 is 7.04. The van der Waals surface area contributed by atoms with Crippen LogP contribution in [0.4, 0.5) is 0 Å². The minimum atomic E-state index is -1.15. The quantitative estimate of drug-likeness (QED) is 0.475. The van der Waals surface area contributed by atoms with Crippen molar-refractivity contribution in [2.75, 3.05) is 39.4 Å². The van der Waals surface area contributed by atoms with Crippen LogP contribution in [-0.4, -0.2) is 76.3 Å². The van der Waals surface area contributed by atoms with Crippen LogP contribution in [0.3, 0.4) is 0 Å². The third kappa shape index (κ3) is 6.25. The minimum absolute atomic E-state index is 0.00958. The molecule has 4 fully saturated rings. The standard InChI is InChI=1S/C36H49N3O5/c1-27(22-28-10-4-2-5-11-28)33(41)38-17-16-36(43,35(25-38)14-8-9-15-35)26-39-24-31(34(42)37-18-20-44-21-19-37)30(23-32(39)40)29-12-6-3-7-13-29/h3,6-7,12-13,23-24,27-28,43H,2,4-5,8-11,14-22,25-26H2,1H3/t27?,36-/m0/s1. The maximum Gasteiger partial charge on any atom is 0.256 e. The topological polar surface area (TPSA) is 92.1 Å². The number of rotatable bonds is 7. The second kappa shape index (κ2) is 13.2. The van der Waals surface area contributed by atoms with Gasteiger partial charge in [0, 0.05) is 55.3 Å². The lowest BCUT2D eigenvalue weighted by molar-refractivity contribution is -0.163. The molecule has 2 saturated carbocycles. The van der Waals surface area contributed by atoms with E-state index in [1.165, 1.54) is 32.1 Å². The Morgan fingerprint density at radius 3 is 2.36 bits per heavy atom. The lowest BCUT2D eigenvalue weighted by atomic mass is 9.65. The molecule has 2 aliphatic heterocycles. The second-order valence-corrected chi connectivity index (χ2v) is 14.0. The maximum atomic E-state index is 13.9. The molecule has 2 amide bonds. The van der Waals surface area contributed by atoms with Crippen LogP contribution in [0.15, 0.2) is 47.4 Å². The van der Waals surface area contributed by atoms with Crippen molar-refractivity contribution in [1.29, 1.82) is 0 Å². The molecule has 4 aliphatic rings. The molecule has 6 rings (SSSR count). The van der Waals surface area contributed by atoms with Crippen LogP contribution in [0.1, 0.15) is 87.9 Å². The van der Waals surface area contributed by atoms with Gasteiger partial charge in [0.2, 0.25) is 5.91 Å². The highest BCUT2D eigenvalue weighted by Gasteiger charge is 2.56. The molecule has 44 heavy (non-hydrogen) atoms. The monoisotopic (exact) mass is 603 g/mol. The molecule has 2 aliphatic carbocycles. The normalized spacial score (nSPS) is 24.9. The number of benzene rings is 1. The van der Waals surface area contributed by atoms with Gasteiger partial charge in [-0.2, -0.15) is 0 Å². The first-order chi connectivity index (χ1) is 21.3. The molecule has 1 unspecified atom stereocenters. The number of aliphatic hydroxyl groups is 1. The SMILES string of the molecule is CC(CC1CCCCC1)C(=O)N1CC[C@](O)(Cn2cc(C(=O)N3CCOCC3)c(-c3ccccc3)cc2=O)C2(CCCC2)C1. The average Bonchev–Trinajstić information content (AvgIpc) is 3.54. The molecule has 3 heterocycles. The molecule has 0 radical (unpaired) electrons. The molecule has 1 aromatic heterocycles. The number of likely N-dealkylation sites (tertiary alicyclic amines) is 1. The van der Waals surface area contributed by atoms with Crippen molar-refractivity contribution in [2.45, 2.75) is 89.7 Å². The number of aromatic nitrogens is 1. The third-order valence-electron chi connectivity index (χ3n) is 11.2. The Bertz CT molecular complexity index is 1370. The molecule has 2 atom stereocenters. The van der Waals surface area contributed by atoms with E-state index in [9.17, 15) is 19.5 Å². The molecule has 2 saturated heterocycles. The van der Waals surface area contributed by atoms with Gasteiger partial charge in [-0.1, -0.05) is 82.2 Å². The minimum Gasteiger partial charge on any atom is -0.387 e. The molecule has 2 aromatic rings. The number of carbonyl (C=O) groups is 2. The van der Waals surface area contributed by atoms with E-state index in [2.05, 4.69) is 6.92 Å². The lowest BCUT2D eigenvalue weighted by Gasteiger charge is -2.53. The Morgan fingerprint density at radius 2 is 1.66 bits per heavy atom. The van der Waals surface area contributed by atoms with E-state index in [0.717, 1.165) is 37.7 Å². The summed E-state index contributed by atoms with van der Waals surface area (Å²) in [6.45, 7) is 5.20. The van der Waals surface area contributed by atoms with Gasteiger partial charge < -0.3 is 24.2 Å². The molecule has 8 heteroatoms. The number of carbonyl (C=O) groups excluding carboxylic acids is 2. The first-order valence-electron chi connectivity index (χ1n) is 17.0. The number of nitrogens with zero attached hydrogens (tertiary/aromatic N) is 3. The fourth-order valence-electron chi connectivity index (χ4n) is 8.56. The first-order valence-corrected chi connectivity index (χ1v) is 17.0. The molecule has 238 valence electrons. The molecular weight excluding hydrogens is 554 g/mol. The zero-order valence-electron chi connectivity index (χ0n) is 26.3. The van der Waals surface area contributed by atoms with Gasteiger partial charge in [0.15, 0.2) is 0 Å². The van der Waals surface area contributed by atoms with Crippen molar-refractivity contribution >= 4 is 11.8 Å². The molecule has 0 bridgehead atoms. The van der Waals surface area contributed by atoms with Gasteiger partial charge in [-0.25, -0.2) is 0 Å². The Balaban J connectivity index is 1.26. The van der Waals surface area contributed by atoms with Gasteiger partial charge in [0.25, 0.3) is 11.5 Å². The molecular formula is C36H49N3O5. The van der Waals surface area contributed by atoms with Gasteiger partial charge in [-0.15, -0.1) is 0 Å². The lowest BCUT2D eigenvalue weighted by Crippen LogP contribution is -2.62. The number of pyridine rings is 1. The van der Waals surface area contributed by atoms with Gasteiger partial charge in [-0.05, 0) is 37.2 Å². The van der Waals surface area contributed by atoms with Gasteiger partial charge >= 0.3 is 0 Å². The molecule has 1 N–H and O–H groups in total. The van der Waals surface area contributed by atoms with E-state index in [1.807, 2.05) is 35.2 Å². The zero-order chi connectivity index (χ0) is 30.7. The number of piperidine rings is 1. The fraction of sp³-hybridized carbons (Fsp3) is 0.639. The van der Waals surface area contributed by atoms with E-state index in [4.69, 9.17) is 4.74 Å². The summed E-state index contributed by atoms with van der Waals surface area (Å²) in [5.74, 6) is 0.720. The van der Waals surface area contributed by atoms with E-state index in [0.29, 0.717) is 62.9 Å². The summed E-state index contributed by atoms with van der Waals surface area (Å²) in [6, 6.07) is 11.1. The van der Waals surface area contributed by atoms with Gasteiger partial charge in [0.05, 0.1) is 30.9 Å². The van der Waals surface area contributed by atoms with Crippen molar-refractivity contribution in [2.24, 2.45) is 17.3 Å². The highest BCUT2D eigenvalue weighted by Crippen LogP contribution is 2.52. The van der Waals surface area contributed by atoms with E-state index in [-0.39, 0.29) is 29.8 Å². The Kier molecular flexibility index (Phi) is 9.29. The van der Waals surface area contributed by atoms with E-state index < -0.39 is 11.0 Å². The van der Waals surface area contributed by atoms with Crippen LogP contribution in [0.25, 0.3) is 11.1 Å². The summed E-state index contributed by atoms with van der Waals surface area (Å²) in [5.41, 5.74) is 0.0445. The van der Waals surface area contributed by atoms with Crippen molar-refractivity contribution in [3.05, 3.63) is 58.5 Å². The van der Waals surface area contributed by atoms with Crippen LogP contribution in [-0.2, 0) is 16.1 Å². The number of hydrogen-bond acceptors (Lipinski definition) is 5. The van der Waals surface area contributed by atoms with Crippen LogP contribution in [0, 0.1) is 17.3 Å². The first kappa shape index (κ1) is 31.0. The second-order valence-electron chi connectivity index (χ2n) is 14.0. The molecule has 1 aromatic carbocycles. The molecule has 8 nitrogen and oxygen atoms in total. The number of amides is 2. The summed E-state index contributed by atoms with van der Waals surface area (Å²) >= 11 is 0. The summed E-state index contributed by atoms with van der Waals surface area (Å²) in [7, 11) is 0. The summed E-state index contributed by atoms with van der Waals surface area (Å²) in [5, 5.41) is 12.5. The Labute approximate surface area is 261 Å². The largest absolute Gasteiger partial charge is 0.387 e. The Morgan fingerprint density at radius 1 is 0.955 bits per heavy atom. The van der Waals surface area contributed by atoms with Crippen molar-refractivity contribution in [1.82, 2.24) is 14.4 Å². The average molecular weight is 604 g/mol. The zero-order valence-corrected chi connectivity index (χ0v) is 26.3. The van der Waals surface area contributed by atoms with Gasteiger partial charge in [-0.3, -0.25) is 14.4 Å². The predicted molar refractivity (Wildman–Crippen MR) is 170 cm³/mol. The highest BCUT2D eigenvalue weighted by atomic mass is 16.5. The van der Waals surface area contributed by atoms with Crippen molar-refractivity contribution < 1.29 is 19.4 Å².